The van der Waals surface area contributed by atoms with Crippen LogP contribution >= 0.6 is 0 Å². The number of nitrogens with zero attached hydrogens (tertiary/aromatic N) is 2. The van der Waals surface area contributed by atoms with Gasteiger partial charge in [-0.1, -0.05) is 13.3 Å². The van der Waals surface area contributed by atoms with Gasteiger partial charge in [0.05, 0.1) is 12.0 Å². The highest BCUT2D eigenvalue weighted by atomic mass is 15.1. The second kappa shape index (κ2) is 5.19. The van der Waals surface area contributed by atoms with Gasteiger partial charge in [0.15, 0.2) is 0 Å². The molecule has 2 aliphatic rings. The summed E-state index contributed by atoms with van der Waals surface area (Å²) in [5, 5.41) is 9.24. The van der Waals surface area contributed by atoms with Crippen LogP contribution in [0.2, 0.25) is 0 Å². The third-order valence-corrected chi connectivity index (χ3v) is 4.48. The molecule has 16 heavy (non-hydrogen) atoms. The highest BCUT2D eigenvalue weighted by Gasteiger charge is 2.34. The first-order valence-corrected chi connectivity index (χ1v) is 6.84. The molecule has 90 valence electrons. The zero-order valence-corrected chi connectivity index (χ0v) is 10.7. The Labute approximate surface area is 99.6 Å². The molecule has 0 bridgehead atoms. The van der Waals surface area contributed by atoms with E-state index in [9.17, 15) is 5.26 Å². The van der Waals surface area contributed by atoms with Crippen molar-refractivity contribution in [2.24, 2.45) is 17.8 Å². The van der Waals surface area contributed by atoms with Gasteiger partial charge >= 0.3 is 0 Å². The van der Waals surface area contributed by atoms with Gasteiger partial charge in [0, 0.05) is 12.6 Å². The average Bonchev–Trinajstić information content (AvgIpc) is 3.12. The summed E-state index contributed by atoms with van der Waals surface area (Å²) in [5.74, 6) is 2.08. The fourth-order valence-corrected chi connectivity index (χ4v) is 3.08. The lowest BCUT2D eigenvalue weighted by Crippen LogP contribution is -2.42. The first kappa shape index (κ1) is 11.9. The molecule has 3 unspecified atom stereocenters. The second-order valence-electron chi connectivity index (χ2n) is 5.77. The van der Waals surface area contributed by atoms with E-state index in [-0.39, 0.29) is 5.92 Å². The summed E-state index contributed by atoms with van der Waals surface area (Å²) >= 11 is 0. The fourth-order valence-electron chi connectivity index (χ4n) is 3.08. The number of hydrogen-bond donors (Lipinski definition) is 0. The van der Waals surface area contributed by atoms with Crippen LogP contribution in [-0.4, -0.2) is 24.5 Å². The predicted molar refractivity (Wildman–Crippen MR) is 65.9 cm³/mol. The molecule has 0 N–H and O–H groups in total. The van der Waals surface area contributed by atoms with Crippen LogP contribution in [0.15, 0.2) is 0 Å². The van der Waals surface area contributed by atoms with Crippen molar-refractivity contribution in [2.75, 3.05) is 13.6 Å². The van der Waals surface area contributed by atoms with Gasteiger partial charge in [-0.05, 0) is 51.0 Å². The quantitative estimate of drug-likeness (QED) is 0.728. The van der Waals surface area contributed by atoms with Crippen LogP contribution in [0.3, 0.4) is 0 Å². The molecule has 0 aliphatic heterocycles. The Balaban J connectivity index is 1.93. The molecule has 3 atom stereocenters. The summed E-state index contributed by atoms with van der Waals surface area (Å²) in [6.07, 6.45) is 7.73. The average molecular weight is 220 g/mol. The van der Waals surface area contributed by atoms with Gasteiger partial charge in [-0.3, -0.25) is 0 Å². The summed E-state index contributed by atoms with van der Waals surface area (Å²) in [4.78, 5) is 2.48. The van der Waals surface area contributed by atoms with Gasteiger partial charge in [0.25, 0.3) is 0 Å². The maximum absolute atomic E-state index is 9.24. The lowest BCUT2D eigenvalue weighted by Gasteiger charge is -2.38. The Hall–Kier alpha value is -0.550. The third-order valence-electron chi connectivity index (χ3n) is 4.48. The highest BCUT2D eigenvalue weighted by molar-refractivity contribution is 4.97. The second-order valence-corrected chi connectivity index (χ2v) is 5.77. The molecular formula is C14H24N2. The van der Waals surface area contributed by atoms with Gasteiger partial charge in [-0.15, -0.1) is 0 Å². The molecule has 2 heteroatoms. The van der Waals surface area contributed by atoms with Crippen molar-refractivity contribution in [1.29, 1.82) is 5.26 Å². The molecular weight excluding hydrogens is 196 g/mol. The van der Waals surface area contributed by atoms with Gasteiger partial charge in [0.2, 0.25) is 0 Å². The summed E-state index contributed by atoms with van der Waals surface area (Å²) in [6.45, 7) is 3.51. The molecule has 2 fully saturated rings. The Morgan fingerprint density at radius 3 is 2.44 bits per heavy atom. The van der Waals surface area contributed by atoms with Crippen LogP contribution in [0, 0.1) is 29.1 Å². The molecule has 0 aromatic rings. The van der Waals surface area contributed by atoms with Crippen LogP contribution in [0.1, 0.15) is 45.4 Å². The lowest BCUT2D eigenvalue weighted by atomic mass is 9.77. The normalized spacial score (nSPS) is 35.0. The van der Waals surface area contributed by atoms with Crippen molar-refractivity contribution in [2.45, 2.75) is 51.5 Å². The largest absolute Gasteiger partial charge is 0.302 e. The van der Waals surface area contributed by atoms with Crippen LogP contribution in [0.5, 0.6) is 0 Å². The van der Waals surface area contributed by atoms with Crippen molar-refractivity contribution in [1.82, 2.24) is 4.90 Å². The topological polar surface area (TPSA) is 27.0 Å². The number of nitriles is 1. The standard InChI is InChI=1S/C14H24N2/c1-3-11-6-7-13(9-15)14(8-11)16(2)10-12-4-5-12/h11-14H,3-8,10H2,1-2H3. The van der Waals surface area contributed by atoms with E-state index in [1.165, 1.54) is 38.6 Å². The maximum Gasteiger partial charge on any atom is 0.0672 e. The Kier molecular flexibility index (Phi) is 3.86. The lowest BCUT2D eigenvalue weighted by molar-refractivity contribution is 0.119. The zero-order chi connectivity index (χ0) is 11.5. The minimum atomic E-state index is 0.284. The summed E-state index contributed by atoms with van der Waals surface area (Å²) in [5.41, 5.74) is 0. The minimum Gasteiger partial charge on any atom is -0.302 e. The molecule has 0 radical (unpaired) electrons. The van der Waals surface area contributed by atoms with Crippen LogP contribution in [-0.2, 0) is 0 Å². The smallest absolute Gasteiger partial charge is 0.0672 e. The van der Waals surface area contributed by atoms with Crippen LogP contribution < -0.4 is 0 Å². The maximum atomic E-state index is 9.24. The SMILES string of the molecule is CCC1CCC(C#N)C(N(C)CC2CC2)C1. The van der Waals surface area contributed by atoms with E-state index < -0.39 is 0 Å². The zero-order valence-electron chi connectivity index (χ0n) is 10.7. The third kappa shape index (κ3) is 2.77. The molecule has 0 heterocycles. The fraction of sp³-hybridized carbons (Fsp3) is 0.929. The van der Waals surface area contributed by atoms with E-state index in [1.54, 1.807) is 0 Å². The van der Waals surface area contributed by atoms with E-state index in [1.807, 2.05) is 0 Å². The number of rotatable bonds is 4. The van der Waals surface area contributed by atoms with E-state index in [0.717, 1.165) is 18.3 Å². The van der Waals surface area contributed by atoms with Crippen molar-refractivity contribution >= 4 is 0 Å². The van der Waals surface area contributed by atoms with Crippen molar-refractivity contribution in [3.63, 3.8) is 0 Å². The predicted octanol–water partition coefficient (Wildman–Crippen LogP) is 3.05. The van der Waals surface area contributed by atoms with Crippen molar-refractivity contribution < 1.29 is 0 Å². The Morgan fingerprint density at radius 2 is 1.88 bits per heavy atom. The first-order chi connectivity index (χ1) is 7.74. The molecule has 2 aliphatic carbocycles. The Morgan fingerprint density at radius 1 is 1.19 bits per heavy atom. The van der Waals surface area contributed by atoms with Gasteiger partial charge < -0.3 is 4.90 Å². The first-order valence-electron chi connectivity index (χ1n) is 6.84. The highest BCUT2D eigenvalue weighted by Crippen LogP contribution is 2.36. The summed E-state index contributed by atoms with van der Waals surface area (Å²) < 4.78 is 0. The van der Waals surface area contributed by atoms with Gasteiger partial charge in [0.1, 0.15) is 0 Å². The summed E-state index contributed by atoms with van der Waals surface area (Å²) in [6, 6.07) is 3.06. The molecule has 0 spiro atoms. The molecule has 0 saturated heterocycles. The molecule has 0 aromatic heterocycles. The van der Waals surface area contributed by atoms with E-state index in [0.29, 0.717) is 6.04 Å². The molecule has 0 aromatic carbocycles. The van der Waals surface area contributed by atoms with Gasteiger partial charge in [-0.2, -0.15) is 5.26 Å². The van der Waals surface area contributed by atoms with Crippen LogP contribution in [0.4, 0.5) is 0 Å². The van der Waals surface area contributed by atoms with Crippen molar-refractivity contribution in [3.8, 4) is 6.07 Å². The van der Waals surface area contributed by atoms with E-state index in [4.69, 9.17) is 0 Å². The Bertz CT molecular complexity index is 264. The van der Waals surface area contributed by atoms with E-state index in [2.05, 4.69) is 24.9 Å². The monoisotopic (exact) mass is 220 g/mol. The summed E-state index contributed by atoms with van der Waals surface area (Å²) in [7, 11) is 2.23. The molecule has 0 amide bonds. The van der Waals surface area contributed by atoms with Gasteiger partial charge in [-0.25, -0.2) is 0 Å². The molecule has 2 nitrogen and oxygen atoms in total. The van der Waals surface area contributed by atoms with Crippen molar-refractivity contribution in [3.05, 3.63) is 0 Å². The van der Waals surface area contributed by atoms with E-state index >= 15 is 0 Å². The van der Waals surface area contributed by atoms with Crippen LogP contribution in [0.25, 0.3) is 0 Å². The minimum absolute atomic E-state index is 0.284. The number of hydrogen-bond acceptors (Lipinski definition) is 2. The molecule has 2 rings (SSSR count). The molecule has 2 saturated carbocycles.